The van der Waals surface area contributed by atoms with Crippen LogP contribution in [0.25, 0.3) is 0 Å². The molecule has 0 spiro atoms. The molecule has 3 unspecified atom stereocenters. The Morgan fingerprint density at radius 2 is 1.52 bits per heavy atom. The van der Waals surface area contributed by atoms with Crippen molar-refractivity contribution in [2.45, 2.75) is 45.9 Å². The molecule has 3 atom stereocenters. The van der Waals surface area contributed by atoms with Crippen LogP contribution in [0.3, 0.4) is 0 Å². The molecular weight excluding hydrogens is 345 g/mol. The molecule has 0 saturated carbocycles. The molecule has 0 bridgehead atoms. The van der Waals surface area contributed by atoms with E-state index in [1.54, 1.807) is 0 Å². The maximum Gasteiger partial charge on any atom is 0.510 e. The molecule has 0 aromatic heterocycles. The van der Waals surface area contributed by atoms with Crippen LogP contribution in [0.4, 0.5) is 18.4 Å². The lowest BCUT2D eigenvalue weighted by Crippen LogP contribution is -2.27. The van der Waals surface area contributed by atoms with Gasteiger partial charge in [-0.1, -0.05) is 0 Å². The smallest absolute Gasteiger partial charge is 0.438 e. The zero-order valence-electron chi connectivity index (χ0n) is 13.2. The average molecular weight is 364 g/mol. The second-order valence-electron chi connectivity index (χ2n) is 4.06. The summed E-state index contributed by atoms with van der Waals surface area (Å²) in [4.78, 5) is 21.9. The fraction of sp³-hybridized carbons (Fsp3) is 0.818. The van der Waals surface area contributed by atoms with E-state index in [4.69, 9.17) is 0 Å². The van der Waals surface area contributed by atoms with Crippen molar-refractivity contribution in [2.75, 3.05) is 13.7 Å². The summed E-state index contributed by atoms with van der Waals surface area (Å²) in [7, 11) is -4.18. The molecule has 0 aromatic rings. The molecule has 0 amide bonds. The van der Waals surface area contributed by atoms with E-state index in [1.165, 1.54) is 6.92 Å². The minimum atomic E-state index is -5.16. The van der Waals surface area contributed by atoms with Gasteiger partial charge < -0.3 is 18.9 Å². The molecule has 0 aliphatic heterocycles. The van der Waals surface area contributed by atoms with Gasteiger partial charge in [-0.05, 0) is 20.8 Å². The Hall–Kier alpha value is -1.45. The number of carbonyl (C=O) groups excluding carboxylic acids is 2. The predicted octanol–water partition coefficient (Wildman–Crippen LogP) is 3.47. The summed E-state index contributed by atoms with van der Waals surface area (Å²) in [6.45, 7) is 3.80. The Labute approximate surface area is 131 Å². The van der Waals surface area contributed by atoms with Crippen LogP contribution in [0.5, 0.6) is 0 Å². The first-order valence-electron chi connectivity index (χ1n) is 6.38. The first-order valence-corrected chi connectivity index (χ1v) is 7.92. The topological polar surface area (TPSA) is 107 Å². The highest BCUT2D eigenvalue weighted by Crippen LogP contribution is 2.63. The molecule has 9 nitrogen and oxygen atoms in total. The number of halogens is 2. The van der Waals surface area contributed by atoms with Gasteiger partial charge in [0.2, 0.25) is 12.6 Å². The lowest BCUT2D eigenvalue weighted by atomic mass is 10.8. The van der Waals surface area contributed by atoms with Gasteiger partial charge in [0.15, 0.2) is 0 Å². The van der Waals surface area contributed by atoms with Crippen molar-refractivity contribution in [1.82, 2.24) is 0 Å². The highest BCUT2D eigenvalue weighted by molar-refractivity contribution is 7.55. The molecule has 0 aliphatic carbocycles. The van der Waals surface area contributed by atoms with Crippen molar-refractivity contribution in [3.05, 3.63) is 0 Å². The number of alkyl halides is 2. The third-order valence-corrected chi connectivity index (χ3v) is 4.12. The number of methoxy groups -OCH3 is 1. The second-order valence-corrected chi connectivity index (χ2v) is 6.26. The van der Waals surface area contributed by atoms with Crippen molar-refractivity contribution in [2.24, 2.45) is 0 Å². The summed E-state index contributed by atoms with van der Waals surface area (Å²) >= 11 is 0. The van der Waals surface area contributed by atoms with Gasteiger partial charge in [-0.3, -0.25) is 13.6 Å². The van der Waals surface area contributed by atoms with E-state index in [2.05, 4.69) is 28.0 Å². The normalized spacial score (nSPS) is 16.7. The first kappa shape index (κ1) is 21.6. The van der Waals surface area contributed by atoms with E-state index in [0.717, 1.165) is 21.0 Å². The zero-order chi connectivity index (χ0) is 18.3. The van der Waals surface area contributed by atoms with Gasteiger partial charge in [0, 0.05) is 6.92 Å². The molecule has 0 fully saturated rings. The molecule has 0 heterocycles. The Bertz CT molecular complexity index is 451. The van der Waals surface area contributed by atoms with Gasteiger partial charge in [0.1, 0.15) is 0 Å². The Morgan fingerprint density at radius 3 is 1.87 bits per heavy atom. The third-order valence-electron chi connectivity index (χ3n) is 2.01. The number of hydrogen-bond donors (Lipinski definition) is 0. The van der Waals surface area contributed by atoms with Crippen LogP contribution < -0.4 is 0 Å². The third kappa shape index (κ3) is 7.58. The highest BCUT2D eigenvalue weighted by Gasteiger charge is 2.52. The van der Waals surface area contributed by atoms with Crippen LogP contribution in [0, 0.1) is 0 Å². The monoisotopic (exact) mass is 364 g/mol. The van der Waals surface area contributed by atoms with E-state index in [9.17, 15) is 22.9 Å². The van der Waals surface area contributed by atoms with E-state index >= 15 is 0 Å². The standard InChI is InChI=1S/C11H19F2O9P/c1-6-18-10(15)20-8(3)22-23(16,11(4,12)13)21-7(2)19-9(14)17-5/h7-8H,6H2,1-5H3. The maximum atomic E-state index is 13.5. The summed E-state index contributed by atoms with van der Waals surface area (Å²) in [5, 5.41) is 0. The maximum absolute atomic E-state index is 13.5. The predicted molar refractivity (Wildman–Crippen MR) is 70.9 cm³/mol. The first-order chi connectivity index (χ1) is 10.4. The van der Waals surface area contributed by atoms with Crippen molar-refractivity contribution in [3.63, 3.8) is 0 Å². The van der Waals surface area contributed by atoms with Crippen LogP contribution in [-0.2, 0) is 32.6 Å². The lowest BCUT2D eigenvalue weighted by Gasteiger charge is -2.27. The molecular formula is C11H19F2O9P. The van der Waals surface area contributed by atoms with Crippen LogP contribution in [0.2, 0.25) is 0 Å². The summed E-state index contributed by atoms with van der Waals surface area (Å²) < 4.78 is 65.7. The second kappa shape index (κ2) is 8.99. The summed E-state index contributed by atoms with van der Waals surface area (Å²) in [5.74, 6) is 0. The molecule has 0 saturated heterocycles. The molecule has 0 N–H and O–H groups in total. The number of rotatable bonds is 8. The van der Waals surface area contributed by atoms with Crippen LogP contribution >= 0.6 is 7.60 Å². The van der Waals surface area contributed by atoms with Gasteiger partial charge in [-0.15, -0.1) is 0 Å². The number of hydrogen-bond acceptors (Lipinski definition) is 9. The van der Waals surface area contributed by atoms with Crippen molar-refractivity contribution < 1.29 is 50.9 Å². The molecule has 0 aliphatic rings. The van der Waals surface area contributed by atoms with Crippen molar-refractivity contribution in [1.29, 1.82) is 0 Å². The zero-order valence-corrected chi connectivity index (χ0v) is 14.1. The van der Waals surface area contributed by atoms with Crippen LogP contribution in [-0.4, -0.2) is 44.3 Å². The molecule has 23 heavy (non-hydrogen) atoms. The molecule has 0 rings (SSSR count). The van der Waals surface area contributed by atoms with E-state index in [-0.39, 0.29) is 13.5 Å². The number of carbonyl (C=O) groups is 2. The Balaban J connectivity index is 4.95. The van der Waals surface area contributed by atoms with E-state index < -0.39 is 38.2 Å². The Morgan fingerprint density at radius 1 is 1.09 bits per heavy atom. The van der Waals surface area contributed by atoms with E-state index in [0.29, 0.717) is 0 Å². The van der Waals surface area contributed by atoms with Crippen molar-refractivity contribution >= 4 is 19.9 Å². The van der Waals surface area contributed by atoms with Crippen LogP contribution in [0.15, 0.2) is 0 Å². The molecule has 0 radical (unpaired) electrons. The van der Waals surface area contributed by atoms with Gasteiger partial charge in [-0.25, -0.2) is 9.59 Å². The fourth-order valence-corrected chi connectivity index (χ4v) is 2.40. The van der Waals surface area contributed by atoms with Gasteiger partial charge in [0.05, 0.1) is 13.7 Å². The van der Waals surface area contributed by atoms with E-state index in [1.807, 2.05) is 0 Å². The average Bonchev–Trinajstić information content (AvgIpc) is 2.36. The minimum absolute atomic E-state index is 0.0202. The van der Waals surface area contributed by atoms with Gasteiger partial charge in [0.25, 0.3) is 0 Å². The summed E-state index contributed by atoms with van der Waals surface area (Å²) in [5.41, 5.74) is -3.97. The number of ether oxygens (including phenoxy) is 4. The van der Waals surface area contributed by atoms with Crippen molar-refractivity contribution in [3.8, 4) is 0 Å². The van der Waals surface area contributed by atoms with Gasteiger partial charge in [-0.2, -0.15) is 8.78 Å². The summed E-state index contributed by atoms with van der Waals surface area (Å²) in [6, 6.07) is 0. The highest BCUT2D eigenvalue weighted by atomic mass is 31.2. The molecule has 12 heteroatoms. The SMILES string of the molecule is CCOC(=O)OC(C)OP(=O)(OC(C)OC(=O)OC)C(C)(F)F. The molecule has 136 valence electrons. The van der Waals surface area contributed by atoms with Crippen LogP contribution in [0.1, 0.15) is 27.7 Å². The fourth-order valence-electron chi connectivity index (χ4n) is 1.11. The minimum Gasteiger partial charge on any atom is -0.438 e. The quantitative estimate of drug-likeness (QED) is 0.363. The van der Waals surface area contributed by atoms with Gasteiger partial charge >= 0.3 is 25.6 Å². The summed E-state index contributed by atoms with van der Waals surface area (Å²) in [6.07, 6.45) is -5.78. The molecule has 0 aromatic carbocycles. The lowest BCUT2D eigenvalue weighted by molar-refractivity contribution is -0.0999. The largest absolute Gasteiger partial charge is 0.510 e. The Kier molecular flexibility index (Phi) is 8.43.